The molecule has 0 saturated carbocycles. The molecule has 1 aromatic heterocycles. The van der Waals surface area contributed by atoms with E-state index in [9.17, 15) is 4.57 Å². The topological polar surface area (TPSA) is 113 Å². The summed E-state index contributed by atoms with van der Waals surface area (Å²) >= 11 is 5.77. The Bertz CT molecular complexity index is 478. The van der Waals surface area contributed by atoms with Crippen LogP contribution in [0.15, 0.2) is 0 Å². The third-order valence-electron chi connectivity index (χ3n) is 1.39. The van der Waals surface area contributed by atoms with Crippen LogP contribution in [0.1, 0.15) is 0 Å². The Morgan fingerprint density at radius 1 is 1.38 bits per heavy atom. The van der Waals surface area contributed by atoms with E-state index in [0.29, 0.717) is 0 Å². The molecule has 0 bridgehead atoms. The van der Waals surface area contributed by atoms with Crippen molar-refractivity contribution in [1.29, 1.82) is 0 Å². The maximum absolute atomic E-state index is 9.93. The van der Waals surface area contributed by atoms with E-state index in [1.54, 1.807) is 0 Å². The number of aromatic nitrogens is 2. The van der Waals surface area contributed by atoms with Gasteiger partial charge in [0.25, 0.3) is 0 Å². The van der Waals surface area contributed by atoms with Crippen molar-refractivity contribution < 1.29 is 14.0 Å². The van der Waals surface area contributed by atoms with Crippen LogP contribution in [-0.4, -0.2) is 23.2 Å². The Kier molecular flexibility index (Phi) is 5.08. The summed E-state index contributed by atoms with van der Waals surface area (Å²) in [4.78, 5) is 7.38. The van der Waals surface area contributed by atoms with E-state index in [-0.39, 0.29) is 43.8 Å². The average molecular weight is 263 g/mol. The Hall–Kier alpha value is -1.26. The summed E-state index contributed by atoms with van der Waals surface area (Å²) in [5.74, 6) is 2.18. The number of ether oxygens (including phenoxy) is 2. The van der Waals surface area contributed by atoms with Crippen molar-refractivity contribution in [2.75, 3.05) is 24.7 Å². The van der Waals surface area contributed by atoms with E-state index in [1.807, 2.05) is 0 Å². The quantitative estimate of drug-likeness (QED) is 0.612. The van der Waals surface area contributed by atoms with Crippen molar-refractivity contribution in [3.05, 3.63) is 5.02 Å². The maximum atomic E-state index is 9.93. The van der Waals surface area contributed by atoms with Gasteiger partial charge in [-0.15, -0.1) is 0 Å². The fraction of sp³-hybridized carbons (Fsp3) is 0.286. The van der Waals surface area contributed by atoms with E-state index < -0.39 is 0 Å². The molecule has 0 aromatic carbocycles. The first-order valence-electron chi connectivity index (χ1n) is 4.05. The first kappa shape index (κ1) is 12.8. The van der Waals surface area contributed by atoms with Crippen molar-refractivity contribution in [3.63, 3.8) is 0 Å². The molecule has 1 heterocycles. The van der Waals surface area contributed by atoms with Crippen LogP contribution in [-0.2, 0) is 9.30 Å². The van der Waals surface area contributed by atoms with Crippen LogP contribution in [0.4, 0.5) is 11.8 Å². The minimum atomic E-state index is -0.327. The van der Waals surface area contributed by atoms with E-state index in [0.717, 1.165) is 0 Å². The zero-order valence-corrected chi connectivity index (χ0v) is 9.66. The molecular formula is C7H8ClN4O3P. The first-order valence-corrected chi connectivity index (χ1v) is 5.24. The standard InChI is InChI=1S/C7H8ClN4O3P/c8-4-5(9)11-7(10)12-6(4)15-2-1-14-3-16-13/h1-2H2,(H4,9,10,11,12). The summed E-state index contributed by atoms with van der Waals surface area (Å²) in [6.45, 7) is 0.285. The molecule has 0 amide bonds. The predicted molar refractivity (Wildman–Crippen MR) is 58.8 cm³/mol. The Labute approximate surface area is 97.2 Å². The summed E-state index contributed by atoms with van der Waals surface area (Å²) in [7, 11) is -0.327. The number of halogens is 1. The molecule has 0 aliphatic rings. The van der Waals surface area contributed by atoms with E-state index in [4.69, 9.17) is 27.8 Å². The molecule has 0 aliphatic heterocycles. The van der Waals surface area contributed by atoms with E-state index in [1.165, 1.54) is 0 Å². The molecule has 0 fully saturated rings. The third kappa shape index (κ3) is 3.72. The third-order valence-corrected chi connectivity index (χ3v) is 1.95. The Balaban J connectivity index is 2.58. The van der Waals surface area contributed by atoms with Gasteiger partial charge in [0, 0.05) is 0 Å². The molecule has 7 nitrogen and oxygen atoms in total. The van der Waals surface area contributed by atoms with Crippen LogP contribution in [0, 0.1) is 5.81 Å². The number of nitrogens with zero attached hydrogens (tertiary/aromatic N) is 2. The number of nitrogens with two attached hydrogens (primary N) is 2. The summed E-state index contributed by atoms with van der Waals surface area (Å²) in [5, 5.41) is 0.0871. The monoisotopic (exact) mass is 262 g/mol. The molecule has 4 N–H and O–H groups in total. The number of hydrogen-bond donors (Lipinski definition) is 2. The number of nitrogen functional groups attached to an aromatic ring is 2. The summed E-state index contributed by atoms with van der Waals surface area (Å²) in [5.41, 5.74) is 10.8. The summed E-state index contributed by atoms with van der Waals surface area (Å²) in [6, 6.07) is 0. The van der Waals surface area contributed by atoms with Gasteiger partial charge in [-0.3, -0.25) is 0 Å². The fourth-order valence-electron chi connectivity index (χ4n) is 0.808. The van der Waals surface area contributed by atoms with Gasteiger partial charge in [-0.1, -0.05) is 0 Å². The Morgan fingerprint density at radius 3 is 2.81 bits per heavy atom. The van der Waals surface area contributed by atoms with E-state index >= 15 is 0 Å². The molecule has 0 saturated heterocycles. The number of anilines is 2. The average Bonchev–Trinajstić information content (AvgIpc) is 2.24. The van der Waals surface area contributed by atoms with Crippen molar-refractivity contribution in [2.24, 2.45) is 0 Å². The molecule has 1 rings (SSSR count). The van der Waals surface area contributed by atoms with Gasteiger partial charge in [-0.25, -0.2) is 0 Å². The molecule has 0 spiro atoms. The van der Waals surface area contributed by atoms with Gasteiger partial charge in [0.05, 0.1) is 0 Å². The molecule has 0 aliphatic carbocycles. The second kappa shape index (κ2) is 6.35. The fourth-order valence-corrected chi connectivity index (χ4v) is 1.09. The van der Waals surface area contributed by atoms with Crippen molar-refractivity contribution in [3.8, 4) is 11.7 Å². The van der Waals surface area contributed by atoms with Gasteiger partial charge in [0.15, 0.2) is 0 Å². The zero-order valence-electron chi connectivity index (χ0n) is 8.01. The van der Waals surface area contributed by atoms with Crippen LogP contribution in [0.5, 0.6) is 5.88 Å². The van der Waals surface area contributed by atoms with Crippen LogP contribution < -0.4 is 16.2 Å². The molecule has 16 heavy (non-hydrogen) atoms. The van der Waals surface area contributed by atoms with Crippen LogP contribution in [0.25, 0.3) is 0 Å². The second-order valence-corrected chi connectivity index (χ2v) is 3.21. The molecule has 0 atom stereocenters. The number of rotatable bonds is 4. The van der Waals surface area contributed by atoms with Gasteiger partial charge >= 0.3 is 96.7 Å². The Morgan fingerprint density at radius 2 is 2.12 bits per heavy atom. The SMILES string of the molecule is Nc1nc(N)c(Cl)c(OCCOC#P=O)n1. The molecule has 1 aromatic rings. The molecular weight excluding hydrogens is 255 g/mol. The van der Waals surface area contributed by atoms with Crippen LogP contribution in [0.3, 0.4) is 0 Å². The first-order chi connectivity index (χ1) is 7.65. The van der Waals surface area contributed by atoms with Crippen LogP contribution >= 0.6 is 19.5 Å². The van der Waals surface area contributed by atoms with Crippen molar-refractivity contribution in [1.82, 2.24) is 9.97 Å². The van der Waals surface area contributed by atoms with Gasteiger partial charge < -0.3 is 0 Å². The molecule has 0 unspecified atom stereocenters. The predicted octanol–water partition coefficient (Wildman–Crippen LogP) is 0.898. The number of hydrogen-bond acceptors (Lipinski definition) is 7. The molecule has 0 radical (unpaired) electrons. The summed E-state index contributed by atoms with van der Waals surface area (Å²) < 4.78 is 19.7. The van der Waals surface area contributed by atoms with E-state index in [2.05, 4.69) is 20.5 Å². The zero-order chi connectivity index (χ0) is 12.0. The second-order valence-electron chi connectivity index (χ2n) is 2.47. The summed E-state index contributed by atoms with van der Waals surface area (Å²) in [6.07, 6.45) is 0. The van der Waals surface area contributed by atoms with Gasteiger partial charge in [-0.05, 0) is 0 Å². The normalized spacial score (nSPS) is 9.56. The van der Waals surface area contributed by atoms with Crippen molar-refractivity contribution >= 4 is 31.3 Å². The van der Waals surface area contributed by atoms with Gasteiger partial charge in [0.1, 0.15) is 0 Å². The van der Waals surface area contributed by atoms with Crippen LogP contribution in [0.2, 0.25) is 5.02 Å². The molecule has 86 valence electrons. The van der Waals surface area contributed by atoms with Gasteiger partial charge in [-0.2, -0.15) is 0 Å². The molecule has 9 heteroatoms. The van der Waals surface area contributed by atoms with Crippen molar-refractivity contribution in [2.45, 2.75) is 0 Å². The minimum absolute atomic E-state index is 0.0333. The van der Waals surface area contributed by atoms with Gasteiger partial charge in [0.2, 0.25) is 0 Å².